The van der Waals surface area contributed by atoms with Gasteiger partial charge in [-0.05, 0) is 56.4 Å². The minimum Gasteiger partial charge on any atom is -0.467 e. The minimum absolute atomic E-state index is 0.0145. The van der Waals surface area contributed by atoms with E-state index in [0.29, 0.717) is 29.5 Å². The van der Waals surface area contributed by atoms with Crippen molar-refractivity contribution in [3.8, 4) is 5.75 Å². The smallest absolute Gasteiger partial charge is 0.338 e. The Morgan fingerprint density at radius 1 is 1.38 bits per heavy atom. The van der Waals surface area contributed by atoms with Gasteiger partial charge in [0, 0.05) is 29.8 Å². The molecule has 4 rings (SSSR count). The van der Waals surface area contributed by atoms with Gasteiger partial charge in [-0.25, -0.2) is 4.79 Å². The molecule has 2 atom stereocenters. The van der Waals surface area contributed by atoms with Crippen LogP contribution in [0.25, 0.3) is 0 Å². The van der Waals surface area contributed by atoms with Crippen LogP contribution in [-0.2, 0) is 4.74 Å². The number of rotatable bonds is 4. The summed E-state index contributed by atoms with van der Waals surface area (Å²) in [6.45, 7) is 4.00. The first kappa shape index (κ1) is 19.1. The lowest BCUT2D eigenvalue weighted by Crippen LogP contribution is -2.65. The second-order valence-electron chi connectivity index (χ2n) is 7.07. The molecule has 1 fully saturated rings. The Hall–Kier alpha value is -3.20. The van der Waals surface area contributed by atoms with E-state index in [4.69, 9.17) is 21.7 Å². The molecular weight excluding hydrogens is 394 g/mol. The summed E-state index contributed by atoms with van der Waals surface area (Å²) in [5.74, 6) is 0.201. The number of anilines is 1. The predicted octanol–water partition coefficient (Wildman–Crippen LogP) is 3.71. The molecule has 1 saturated heterocycles. The van der Waals surface area contributed by atoms with E-state index in [0.717, 1.165) is 11.3 Å². The lowest BCUT2D eigenvalue weighted by molar-refractivity contribution is -0.385. The number of nitrogens with one attached hydrogen (secondary N) is 1. The van der Waals surface area contributed by atoms with Crippen LogP contribution in [0, 0.1) is 10.1 Å². The Bertz CT molecular complexity index is 1010. The zero-order valence-electron chi connectivity index (χ0n) is 15.9. The van der Waals surface area contributed by atoms with E-state index in [-0.39, 0.29) is 17.7 Å². The first-order valence-corrected chi connectivity index (χ1v) is 9.58. The Kier molecular flexibility index (Phi) is 4.62. The van der Waals surface area contributed by atoms with E-state index in [1.54, 1.807) is 37.3 Å². The minimum atomic E-state index is -0.776. The van der Waals surface area contributed by atoms with Crippen molar-refractivity contribution in [3.63, 3.8) is 0 Å². The summed E-state index contributed by atoms with van der Waals surface area (Å²) in [6.07, 6.45) is 0.543. The lowest BCUT2D eigenvalue weighted by Gasteiger charge is -2.52. The summed E-state index contributed by atoms with van der Waals surface area (Å²) in [7, 11) is 0. The van der Waals surface area contributed by atoms with Gasteiger partial charge in [-0.2, -0.15) is 0 Å². The van der Waals surface area contributed by atoms with Crippen LogP contribution in [0.15, 0.2) is 42.5 Å². The third-order valence-electron chi connectivity index (χ3n) is 5.10. The molecular formula is C20H19N3O5S. The summed E-state index contributed by atoms with van der Waals surface area (Å²) >= 11 is 5.58. The summed E-state index contributed by atoms with van der Waals surface area (Å²) in [5.41, 5.74) is 1.18. The second-order valence-corrected chi connectivity index (χ2v) is 7.45. The number of fused-ring (bicyclic) bond motifs is 4. The molecule has 8 nitrogen and oxygen atoms in total. The number of nitro benzene ring substituents is 1. The van der Waals surface area contributed by atoms with Crippen LogP contribution in [0.3, 0.4) is 0 Å². The molecule has 0 spiro atoms. The normalized spacial score (nSPS) is 22.2. The van der Waals surface area contributed by atoms with E-state index in [1.165, 1.54) is 12.1 Å². The van der Waals surface area contributed by atoms with Gasteiger partial charge in [0.25, 0.3) is 5.69 Å². The summed E-state index contributed by atoms with van der Waals surface area (Å²) in [5, 5.41) is 14.8. The highest BCUT2D eigenvalue weighted by molar-refractivity contribution is 7.80. The highest BCUT2D eigenvalue weighted by Crippen LogP contribution is 2.46. The average molecular weight is 413 g/mol. The van der Waals surface area contributed by atoms with Crippen LogP contribution in [-0.4, -0.2) is 28.3 Å². The van der Waals surface area contributed by atoms with Gasteiger partial charge in [-0.1, -0.05) is 0 Å². The zero-order valence-corrected chi connectivity index (χ0v) is 16.7. The van der Waals surface area contributed by atoms with Crippen LogP contribution in [0.2, 0.25) is 0 Å². The lowest BCUT2D eigenvalue weighted by atomic mass is 9.90. The molecule has 0 unspecified atom stereocenters. The number of hydrogen-bond acceptors (Lipinski definition) is 6. The maximum atomic E-state index is 11.9. The van der Waals surface area contributed by atoms with E-state index in [9.17, 15) is 14.9 Å². The average Bonchev–Trinajstić information content (AvgIpc) is 2.67. The van der Waals surface area contributed by atoms with Gasteiger partial charge in [0.2, 0.25) is 0 Å². The van der Waals surface area contributed by atoms with Crippen LogP contribution < -0.4 is 15.0 Å². The number of carbonyl (C=O) groups excluding carboxylic acids is 1. The fraction of sp³-hybridized carbons (Fsp3) is 0.300. The molecule has 2 aliphatic heterocycles. The number of benzene rings is 2. The molecule has 2 heterocycles. The molecule has 9 heteroatoms. The number of carbonyl (C=O) groups is 1. The van der Waals surface area contributed by atoms with Crippen molar-refractivity contribution >= 4 is 34.7 Å². The number of nitro groups is 1. The van der Waals surface area contributed by atoms with Crippen molar-refractivity contribution in [2.45, 2.75) is 32.0 Å². The largest absolute Gasteiger partial charge is 0.467 e. The van der Waals surface area contributed by atoms with Crippen molar-refractivity contribution in [3.05, 3.63) is 63.7 Å². The van der Waals surface area contributed by atoms with Crippen LogP contribution in [0.4, 0.5) is 11.4 Å². The molecule has 0 aliphatic carbocycles. The number of ether oxygens (including phenoxy) is 2. The molecule has 0 aromatic heterocycles. The van der Waals surface area contributed by atoms with Gasteiger partial charge < -0.3 is 14.8 Å². The maximum Gasteiger partial charge on any atom is 0.338 e. The first-order chi connectivity index (χ1) is 13.8. The molecule has 150 valence electrons. The SMILES string of the molecule is CCOC(=O)c1ccc(N2C(=S)N[C@H]3C[C@@]2(C)Oc2ccc([N+](=O)[O-])cc23)cc1. The highest BCUT2D eigenvalue weighted by atomic mass is 32.1. The molecule has 0 saturated carbocycles. The number of nitrogens with zero attached hydrogens (tertiary/aromatic N) is 2. The summed E-state index contributed by atoms with van der Waals surface area (Å²) in [6, 6.07) is 11.3. The molecule has 1 N–H and O–H groups in total. The Balaban J connectivity index is 1.67. The van der Waals surface area contributed by atoms with Gasteiger partial charge >= 0.3 is 5.97 Å². The van der Waals surface area contributed by atoms with Crippen molar-refractivity contribution in [2.24, 2.45) is 0 Å². The predicted molar refractivity (Wildman–Crippen MR) is 110 cm³/mol. The van der Waals surface area contributed by atoms with Crippen molar-refractivity contribution in [1.82, 2.24) is 5.32 Å². The van der Waals surface area contributed by atoms with E-state index in [2.05, 4.69) is 5.32 Å². The number of hydrogen-bond donors (Lipinski definition) is 1. The van der Waals surface area contributed by atoms with Crippen LogP contribution in [0.1, 0.15) is 42.2 Å². The van der Waals surface area contributed by atoms with Crippen molar-refractivity contribution < 1.29 is 19.2 Å². The van der Waals surface area contributed by atoms with Crippen LogP contribution in [0.5, 0.6) is 5.75 Å². The summed E-state index contributed by atoms with van der Waals surface area (Å²) in [4.78, 5) is 24.5. The molecule has 0 amide bonds. The van der Waals surface area contributed by atoms with E-state index in [1.807, 2.05) is 11.8 Å². The van der Waals surface area contributed by atoms with Gasteiger partial charge in [-0.3, -0.25) is 15.0 Å². The van der Waals surface area contributed by atoms with Gasteiger partial charge in [0.1, 0.15) is 5.75 Å². The fourth-order valence-corrected chi connectivity index (χ4v) is 4.27. The standard InChI is InChI=1S/C20H19N3O5S/c1-3-27-18(24)12-4-6-13(7-5-12)22-19(29)21-16-11-20(22,2)28-17-9-8-14(23(25)26)10-15(16)17/h4-10,16H,3,11H2,1-2H3,(H,21,29)/t16-,20+/m0/s1. The van der Waals surface area contributed by atoms with Crippen molar-refractivity contribution in [1.29, 1.82) is 0 Å². The van der Waals surface area contributed by atoms with Crippen LogP contribution >= 0.6 is 12.2 Å². The second kappa shape index (κ2) is 7.00. The van der Waals surface area contributed by atoms with Gasteiger partial charge in [0.05, 0.1) is 23.1 Å². The molecule has 2 aliphatic rings. The quantitative estimate of drug-likeness (QED) is 0.351. The van der Waals surface area contributed by atoms with Gasteiger partial charge in [0.15, 0.2) is 10.8 Å². The third-order valence-corrected chi connectivity index (χ3v) is 5.40. The van der Waals surface area contributed by atoms with Gasteiger partial charge in [-0.15, -0.1) is 0 Å². The van der Waals surface area contributed by atoms with Crippen molar-refractivity contribution in [2.75, 3.05) is 11.5 Å². The Morgan fingerprint density at radius 2 is 2.10 bits per heavy atom. The topological polar surface area (TPSA) is 93.9 Å². The number of esters is 1. The van der Waals surface area contributed by atoms with E-state index < -0.39 is 10.6 Å². The molecule has 29 heavy (non-hydrogen) atoms. The third kappa shape index (κ3) is 3.27. The Morgan fingerprint density at radius 3 is 2.76 bits per heavy atom. The summed E-state index contributed by atoms with van der Waals surface area (Å²) < 4.78 is 11.3. The molecule has 2 aromatic carbocycles. The monoisotopic (exact) mass is 413 g/mol. The maximum absolute atomic E-state index is 11.9. The molecule has 2 bridgehead atoms. The highest BCUT2D eigenvalue weighted by Gasteiger charge is 2.48. The number of non-ortho nitro benzene ring substituents is 1. The Labute approximate surface area is 172 Å². The first-order valence-electron chi connectivity index (χ1n) is 9.17. The molecule has 2 aromatic rings. The zero-order chi connectivity index (χ0) is 20.8. The van der Waals surface area contributed by atoms with E-state index >= 15 is 0 Å². The fourth-order valence-electron chi connectivity index (χ4n) is 3.83. The molecule has 0 radical (unpaired) electrons. The number of thiocarbonyl (C=S) groups is 1.